The lowest BCUT2D eigenvalue weighted by Crippen LogP contribution is -2.36. The number of hydrogen-bond acceptors (Lipinski definition) is 2. The highest BCUT2D eigenvalue weighted by molar-refractivity contribution is 5.94. The molecule has 1 rings (SSSR count). The number of anilines is 1. The molecule has 1 aromatic carbocycles. The number of aryl methyl sites for hydroxylation is 1. The van der Waals surface area contributed by atoms with E-state index in [9.17, 15) is 9.59 Å². The molecule has 0 saturated heterocycles. The van der Waals surface area contributed by atoms with Crippen LogP contribution in [-0.4, -0.2) is 23.7 Å². The molecule has 0 fully saturated rings. The van der Waals surface area contributed by atoms with E-state index in [1.807, 2.05) is 6.92 Å². The first-order valence-corrected chi connectivity index (χ1v) is 7.05. The molecule has 2 amide bonds. The molecule has 0 aliphatic rings. The molecule has 116 valence electrons. The number of carbonyl (C=O) groups excluding carboxylic acids is 1. The summed E-state index contributed by atoms with van der Waals surface area (Å²) in [7, 11) is 0. The van der Waals surface area contributed by atoms with Gasteiger partial charge in [-0.25, -0.2) is 9.59 Å². The summed E-state index contributed by atoms with van der Waals surface area (Å²) in [4.78, 5) is 23.1. The number of amides is 2. The fraction of sp³-hybridized carbons (Fsp3) is 0.500. The highest BCUT2D eigenvalue weighted by Gasteiger charge is 2.17. The lowest BCUT2D eigenvalue weighted by molar-refractivity contribution is 0.0696. The minimum absolute atomic E-state index is 0.0345. The smallest absolute Gasteiger partial charge is 0.336 e. The van der Waals surface area contributed by atoms with E-state index in [-0.39, 0.29) is 17.0 Å². The quantitative estimate of drug-likeness (QED) is 0.776. The molecule has 0 saturated carbocycles. The highest BCUT2D eigenvalue weighted by atomic mass is 16.4. The zero-order chi connectivity index (χ0) is 16.2. The van der Waals surface area contributed by atoms with Crippen molar-refractivity contribution in [2.75, 3.05) is 11.9 Å². The summed E-state index contributed by atoms with van der Waals surface area (Å²) in [5, 5.41) is 14.7. The monoisotopic (exact) mass is 292 g/mol. The van der Waals surface area contributed by atoms with E-state index in [1.54, 1.807) is 13.0 Å². The third kappa shape index (κ3) is 4.77. The molecule has 0 unspecified atom stereocenters. The van der Waals surface area contributed by atoms with Crippen LogP contribution in [0, 0.1) is 19.3 Å². The number of urea groups is 1. The fourth-order valence-electron chi connectivity index (χ4n) is 1.77. The Kier molecular flexibility index (Phi) is 5.35. The normalized spacial score (nSPS) is 11.1. The lowest BCUT2D eigenvalue weighted by atomic mass is 9.90. The van der Waals surface area contributed by atoms with Crippen LogP contribution in [0.5, 0.6) is 0 Å². The Morgan fingerprint density at radius 3 is 2.38 bits per heavy atom. The van der Waals surface area contributed by atoms with Crippen molar-refractivity contribution < 1.29 is 14.7 Å². The molecule has 21 heavy (non-hydrogen) atoms. The van der Waals surface area contributed by atoms with Crippen LogP contribution in [0.15, 0.2) is 12.1 Å². The van der Waals surface area contributed by atoms with Gasteiger partial charge >= 0.3 is 12.0 Å². The number of benzene rings is 1. The first kappa shape index (κ1) is 17.0. The zero-order valence-electron chi connectivity index (χ0n) is 13.3. The van der Waals surface area contributed by atoms with Crippen molar-refractivity contribution in [3.8, 4) is 0 Å². The zero-order valence-corrected chi connectivity index (χ0v) is 13.3. The first-order chi connectivity index (χ1) is 9.66. The maximum absolute atomic E-state index is 11.9. The van der Waals surface area contributed by atoms with Crippen LogP contribution in [0.3, 0.4) is 0 Å². The second kappa shape index (κ2) is 6.61. The van der Waals surface area contributed by atoms with Gasteiger partial charge in [-0.3, -0.25) is 0 Å². The van der Waals surface area contributed by atoms with E-state index >= 15 is 0 Å². The van der Waals surface area contributed by atoms with Gasteiger partial charge in [-0.15, -0.1) is 0 Å². The minimum atomic E-state index is -0.994. The standard InChI is InChI=1S/C16H24N2O3/c1-6-16(4,5)9-17-15(21)18-12-7-10(2)11(3)13(8-12)14(19)20/h7-8H,6,9H2,1-5H3,(H,19,20)(H2,17,18,21). The summed E-state index contributed by atoms with van der Waals surface area (Å²) in [6, 6.07) is 2.93. The van der Waals surface area contributed by atoms with Crippen LogP contribution in [0.1, 0.15) is 48.7 Å². The maximum Gasteiger partial charge on any atom is 0.336 e. The highest BCUT2D eigenvalue weighted by Crippen LogP contribution is 2.20. The van der Waals surface area contributed by atoms with Gasteiger partial charge in [0.1, 0.15) is 0 Å². The van der Waals surface area contributed by atoms with Crippen molar-refractivity contribution in [3.63, 3.8) is 0 Å². The van der Waals surface area contributed by atoms with Gasteiger partial charge < -0.3 is 15.7 Å². The Labute approximate surface area is 125 Å². The average Bonchev–Trinajstić information content (AvgIpc) is 2.40. The predicted molar refractivity (Wildman–Crippen MR) is 84.0 cm³/mol. The summed E-state index contributed by atoms with van der Waals surface area (Å²) in [5.74, 6) is -0.994. The van der Waals surface area contributed by atoms with Crippen molar-refractivity contribution in [1.29, 1.82) is 0 Å². The van der Waals surface area contributed by atoms with Crippen molar-refractivity contribution >= 4 is 17.7 Å². The van der Waals surface area contributed by atoms with Crippen molar-refractivity contribution in [1.82, 2.24) is 5.32 Å². The molecule has 0 atom stereocenters. The second-order valence-electron chi connectivity index (χ2n) is 6.10. The van der Waals surface area contributed by atoms with Crippen LogP contribution in [-0.2, 0) is 0 Å². The summed E-state index contributed by atoms with van der Waals surface area (Å²) in [6.07, 6.45) is 0.958. The van der Waals surface area contributed by atoms with Crippen molar-refractivity contribution in [2.24, 2.45) is 5.41 Å². The molecule has 5 nitrogen and oxygen atoms in total. The molecule has 0 bridgehead atoms. The van der Waals surface area contributed by atoms with E-state index in [4.69, 9.17) is 5.11 Å². The van der Waals surface area contributed by atoms with Crippen LogP contribution >= 0.6 is 0 Å². The second-order valence-corrected chi connectivity index (χ2v) is 6.10. The predicted octanol–water partition coefficient (Wildman–Crippen LogP) is 3.56. The molecule has 0 radical (unpaired) electrons. The van der Waals surface area contributed by atoms with E-state index < -0.39 is 5.97 Å². The Morgan fingerprint density at radius 1 is 1.24 bits per heavy atom. The first-order valence-electron chi connectivity index (χ1n) is 7.05. The Bertz CT molecular complexity index is 551. The molecule has 1 aromatic rings. The van der Waals surface area contributed by atoms with E-state index in [0.717, 1.165) is 12.0 Å². The molecule has 0 aromatic heterocycles. The Morgan fingerprint density at radius 2 is 1.86 bits per heavy atom. The van der Waals surface area contributed by atoms with Crippen LogP contribution in [0.25, 0.3) is 0 Å². The van der Waals surface area contributed by atoms with Gasteiger partial charge in [0.05, 0.1) is 5.56 Å². The number of carbonyl (C=O) groups is 2. The molecular formula is C16H24N2O3. The number of rotatable bonds is 5. The van der Waals surface area contributed by atoms with Gasteiger partial charge in [-0.05, 0) is 48.9 Å². The SMILES string of the molecule is CCC(C)(C)CNC(=O)Nc1cc(C)c(C)c(C(=O)O)c1. The average molecular weight is 292 g/mol. The van der Waals surface area contributed by atoms with Crippen LogP contribution in [0.2, 0.25) is 0 Å². The number of aromatic carboxylic acids is 1. The summed E-state index contributed by atoms with van der Waals surface area (Å²) >= 11 is 0. The summed E-state index contributed by atoms with van der Waals surface area (Å²) in [5.41, 5.74) is 2.27. The molecule has 0 heterocycles. The van der Waals surface area contributed by atoms with Gasteiger partial charge in [0.2, 0.25) is 0 Å². The van der Waals surface area contributed by atoms with Crippen LogP contribution in [0.4, 0.5) is 10.5 Å². The number of nitrogens with one attached hydrogen (secondary N) is 2. The number of carboxylic acids is 1. The molecule has 0 aliphatic heterocycles. The summed E-state index contributed by atoms with van der Waals surface area (Å²) < 4.78 is 0. The van der Waals surface area contributed by atoms with E-state index in [0.29, 0.717) is 17.8 Å². The molecule has 0 spiro atoms. The topological polar surface area (TPSA) is 78.4 Å². The summed E-state index contributed by atoms with van der Waals surface area (Å²) in [6.45, 7) is 10.4. The largest absolute Gasteiger partial charge is 0.478 e. The lowest BCUT2D eigenvalue weighted by Gasteiger charge is -2.23. The number of carboxylic acid groups (broad SMARTS) is 1. The third-order valence-corrected chi connectivity index (χ3v) is 3.84. The number of hydrogen-bond donors (Lipinski definition) is 3. The molecule has 5 heteroatoms. The van der Waals surface area contributed by atoms with E-state index in [2.05, 4.69) is 31.4 Å². The Hall–Kier alpha value is -2.04. The van der Waals surface area contributed by atoms with Gasteiger partial charge in [-0.1, -0.05) is 20.8 Å². The van der Waals surface area contributed by atoms with Gasteiger partial charge in [-0.2, -0.15) is 0 Å². The van der Waals surface area contributed by atoms with Gasteiger partial charge in [0, 0.05) is 12.2 Å². The van der Waals surface area contributed by atoms with Gasteiger partial charge in [0.25, 0.3) is 0 Å². The van der Waals surface area contributed by atoms with Crippen LogP contribution < -0.4 is 10.6 Å². The molecule has 3 N–H and O–H groups in total. The van der Waals surface area contributed by atoms with Crippen molar-refractivity contribution in [3.05, 3.63) is 28.8 Å². The van der Waals surface area contributed by atoms with Gasteiger partial charge in [0.15, 0.2) is 0 Å². The Balaban J connectivity index is 2.80. The van der Waals surface area contributed by atoms with E-state index in [1.165, 1.54) is 6.07 Å². The minimum Gasteiger partial charge on any atom is -0.478 e. The van der Waals surface area contributed by atoms with Crippen molar-refractivity contribution in [2.45, 2.75) is 41.0 Å². The third-order valence-electron chi connectivity index (χ3n) is 3.84. The maximum atomic E-state index is 11.9. The molecular weight excluding hydrogens is 268 g/mol. The fourth-order valence-corrected chi connectivity index (χ4v) is 1.77. The molecule has 0 aliphatic carbocycles.